The van der Waals surface area contributed by atoms with Gasteiger partial charge in [-0.1, -0.05) is 12.1 Å². The smallest absolute Gasteiger partial charge is 0.256 e. The Morgan fingerprint density at radius 1 is 1.33 bits per heavy atom. The molecule has 0 saturated heterocycles. The van der Waals surface area contributed by atoms with E-state index < -0.39 is 0 Å². The van der Waals surface area contributed by atoms with Crippen LogP contribution in [0.1, 0.15) is 11.1 Å². The molecule has 90 valence electrons. The number of ether oxygens (including phenoxy) is 2. The number of aromatic nitrogens is 2. The predicted octanol–water partition coefficient (Wildman–Crippen LogP) is 2.29. The van der Waals surface area contributed by atoms with Crippen molar-refractivity contribution in [3.63, 3.8) is 0 Å². The first-order valence-electron chi connectivity index (χ1n) is 5.31. The van der Waals surface area contributed by atoms with E-state index in [0.29, 0.717) is 17.9 Å². The average Bonchev–Trinajstić information content (AvgIpc) is 2.40. The van der Waals surface area contributed by atoms with Crippen LogP contribution in [0, 0.1) is 11.3 Å². The summed E-state index contributed by atoms with van der Waals surface area (Å²) in [7, 11) is 1.63. The van der Waals surface area contributed by atoms with E-state index in [1.54, 1.807) is 19.2 Å². The second-order valence-electron chi connectivity index (χ2n) is 3.54. The second kappa shape index (κ2) is 5.75. The fourth-order valence-corrected chi connectivity index (χ4v) is 1.46. The zero-order valence-electron chi connectivity index (χ0n) is 9.83. The fraction of sp³-hybridized carbons (Fsp3) is 0.154. The molecule has 0 N–H and O–H groups in total. The van der Waals surface area contributed by atoms with E-state index in [9.17, 15) is 0 Å². The van der Waals surface area contributed by atoms with Gasteiger partial charge in [-0.25, -0.2) is 0 Å². The van der Waals surface area contributed by atoms with Gasteiger partial charge in [0.15, 0.2) is 0 Å². The van der Waals surface area contributed by atoms with Crippen molar-refractivity contribution in [3.05, 3.63) is 47.7 Å². The molecule has 5 nitrogen and oxygen atoms in total. The molecule has 1 aromatic heterocycles. The van der Waals surface area contributed by atoms with Crippen molar-refractivity contribution in [2.75, 3.05) is 7.11 Å². The lowest BCUT2D eigenvalue weighted by molar-refractivity contribution is 0.184. The van der Waals surface area contributed by atoms with E-state index >= 15 is 0 Å². The van der Waals surface area contributed by atoms with Crippen LogP contribution < -0.4 is 4.74 Å². The molecule has 18 heavy (non-hydrogen) atoms. The van der Waals surface area contributed by atoms with Gasteiger partial charge in [-0.3, -0.25) is 0 Å². The Balaban J connectivity index is 2.23. The molecule has 0 aliphatic heterocycles. The summed E-state index contributed by atoms with van der Waals surface area (Å²) in [5.41, 5.74) is 1.33. The molecule has 0 radical (unpaired) electrons. The van der Waals surface area contributed by atoms with Crippen molar-refractivity contribution >= 4 is 0 Å². The molecule has 0 fully saturated rings. The Labute approximate surface area is 105 Å². The highest BCUT2D eigenvalue weighted by Gasteiger charge is 2.06. The Kier molecular flexibility index (Phi) is 3.84. The van der Waals surface area contributed by atoms with Crippen molar-refractivity contribution in [2.24, 2.45) is 0 Å². The van der Waals surface area contributed by atoms with Gasteiger partial charge in [0.2, 0.25) is 0 Å². The Morgan fingerprint density at radius 2 is 2.22 bits per heavy atom. The zero-order chi connectivity index (χ0) is 12.8. The van der Waals surface area contributed by atoms with E-state index in [-0.39, 0.29) is 5.88 Å². The molecule has 0 aliphatic rings. The van der Waals surface area contributed by atoms with Crippen molar-refractivity contribution in [1.29, 1.82) is 5.26 Å². The average molecular weight is 241 g/mol. The molecule has 0 bridgehead atoms. The number of rotatable bonds is 4. The third-order valence-electron chi connectivity index (χ3n) is 2.23. The maximum atomic E-state index is 8.92. The molecule has 0 aliphatic carbocycles. The second-order valence-corrected chi connectivity index (χ2v) is 3.54. The highest BCUT2D eigenvalue weighted by atomic mass is 16.5. The van der Waals surface area contributed by atoms with E-state index in [0.717, 1.165) is 5.56 Å². The molecule has 2 aromatic rings. The molecule has 1 heterocycles. The van der Waals surface area contributed by atoms with Gasteiger partial charge in [-0.2, -0.15) is 10.4 Å². The lowest BCUT2D eigenvalue weighted by Crippen LogP contribution is -1.94. The molecule has 0 atom stereocenters. The van der Waals surface area contributed by atoms with Crippen LogP contribution in [0.3, 0.4) is 0 Å². The fourth-order valence-electron chi connectivity index (χ4n) is 1.46. The van der Waals surface area contributed by atoms with Gasteiger partial charge in [0.05, 0.1) is 12.8 Å². The van der Waals surface area contributed by atoms with Crippen LogP contribution >= 0.6 is 0 Å². The van der Waals surface area contributed by atoms with Gasteiger partial charge < -0.3 is 9.47 Å². The van der Waals surface area contributed by atoms with E-state index in [1.807, 2.05) is 24.3 Å². The zero-order valence-corrected chi connectivity index (χ0v) is 9.83. The molecule has 2 rings (SSSR count). The number of hydrogen-bond acceptors (Lipinski definition) is 5. The SMILES string of the molecule is COCc1cccc(Oc2nnccc2C#N)c1. The van der Waals surface area contributed by atoms with Gasteiger partial charge in [0.1, 0.15) is 17.4 Å². The first-order chi connectivity index (χ1) is 8.83. The Morgan fingerprint density at radius 3 is 3.00 bits per heavy atom. The minimum absolute atomic E-state index is 0.203. The molecule has 0 spiro atoms. The first kappa shape index (κ1) is 12.0. The molecule has 0 amide bonds. The molecular formula is C13H11N3O2. The van der Waals surface area contributed by atoms with Crippen LogP contribution in [-0.2, 0) is 11.3 Å². The molecule has 5 heteroatoms. The van der Waals surface area contributed by atoms with E-state index in [2.05, 4.69) is 10.2 Å². The van der Waals surface area contributed by atoms with Gasteiger partial charge in [0, 0.05) is 7.11 Å². The predicted molar refractivity (Wildman–Crippen MR) is 64.0 cm³/mol. The summed E-state index contributed by atoms with van der Waals surface area (Å²) in [5, 5.41) is 16.4. The largest absolute Gasteiger partial charge is 0.437 e. The molecular weight excluding hydrogens is 230 g/mol. The minimum Gasteiger partial charge on any atom is -0.437 e. The maximum absolute atomic E-state index is 8.92. The summed E-state index contributed by atoms with van der Waals surface area (Å²) in [4.78, 5) is 0. The monoisotopic (exact) mass is 241 g/mol. The normalized spacial score (nSPS) is 9.78. The quantitative estimate of drug-likeness (QED) is 0.821. The van der Waals surface area contributed by atoms with Gasteiger partial charge in [0.25, 0.3) is 5.88 Å². The van der Waals surface area contributed by atoms with Gasteiger partial charge >= 0.3 is 0 Å². The number of nitrogens with zero attached hydrogens (tertiary/aromatic N) is 3. The lowest BCUT2D eigenvalue weighted by atomic mass is 10.2. The summed E-state index contributed by atoms with van der Waals surface area (Å²) in [6, 6.07) is 11.0. The number of nitriles is 1. The van der Waals surface area contributed by atoms with Crippen LogP contribution in [0.4, 0.5) is 0 Å². The van der Waals surface area contributed by atoms with Crippen LogP contribution in [0.2, 0.25) is 0 Å². The van der Waals surface area contributed by atoms with Crippen LogP contribution in [-0.4, -0.2) is 17.3 Å². The van der Waals surface area contributed by atoms with Crippen LogP contribution in [0.5, 0.6) is 11.6 Å². The lowest BCUT2D eigenvalue weighted by Gasteiger charge is -2.06. The molecule has 1 aromatic carbocycles. The van der Waals surface area contributed by atoms with E-state index in [4.69, 9.17) is 14.7 Å². The number of methoxy groups -OCH3 is 1. The Bertz CT molecular complexity index is 578. The van der Waals surface area contributed by atoms with Crippen molar-refractivity contribution in [1.82, 2.24) is 10.2 Å². The summed E-state index contributed by atoms with van der Waals surface area (Å²) in [6.07, 6.45) is 1.45. The third-order valence-corrected chi connectivity index (χ3v) is 2.23. The van der Waals surface area contributed by atoms with Crippen molar-refractivity contribution < 1.29 is 9.47 Å². The minimum atomic E-state index is 0.203. The standard InChI is InChI=1S/C13H11N3O2/c1-17-9-10-3-2-4-12(7-10)18-13-11(8-14)5-6-15-16-13/h2-7H,9H2,1H3. The van der Waals surface area contributed by atoms with Crippen LogP contribution in [0.25, 0.3) is 0 Å². The summed E-state index contributed by atoms with van der Waals surface area (Å²) in [6.45, 7) is 0.503. The van der Waals surface area contributed by atoms with E-state index in [1.165, 1.54) is 6.20 Å². The molecule has 0 saturated carbocycles. The van der Waals surface area contributed by atoms with Crippen LogP contribution in [0.15, 0.2) is 36.5 Å². The maximum Gasteiger partial charge on any atom is 0.256 e. The topological polar surface area (TPSA) is 68.0 Å². The first-order valence-corrected chi connectivity index (χ1v) is 5.31. The van der Waals surface area contributed by atoms with Crippen molar-refractivity contribution in [2.45, 2.75) is 6.61 Å². The summed E-state index contributed by atoms with van der Waals surface area (Å²) >= 11 is 0. The summed E-state index contributed by atoms with van der Waals surface area (Å²) < 4.78 is 10.6. The van der Waals surface area contributed by atoms with Gasteiger partial charge in [-0.15, -0.1) is 5.10 Å². The van der Waals surface area contributed by atoms with Gasteiger partial charge in [-0.05, 0) is 23.8 Å². The molecule has 0 unspecified atom stereocenters. The Hall–Kier alpha value is -2.45. The van der Waals surface area contributed by atoms with Crippen molar-refractivity contribution in [3.8, 4) is 17.7 Å². The summed E-state index contributed by atoms with van der Waals surface area (Å²) in [5.74, 6) is 0.802. The highest BCUT2D eigenvalue weighted by molar-refractivity contribution is 5.39. The highest BCUT2D eigenvalue weighted by Crippen LogP contribution is 2.22. The third kappa shape index (κ3) is 2.81. The number of benzene rings is 1. The number of hydrogen-bond donors (Lipinski definition) is 0.